The van der Waals surface area contributed by atoms with E-state index in [1.165, 1.54) is 97.1 Å². The molecule has 73 heavy (non-hydrogen) atoms. The molecular weight excluding hydrogens is 993 g/mol. The first-order valence-electron chi connectivity index (χ1n) is 22.3. The average molecular weight is 1050 g/mol. The van der Waals surface area contributed by atoms with Crippen LogP contribution >= 0.6 is 23.5 Å². The lowest BCUT2D eigenvalue weighted by atomic mass is 10.00. The molecule has 388 valence electrons. The summed E-state index contributed by atoms with van der Waals surface area (Å²) in [6.45, 7) is 6.37. The molecule has 23 nitrogen and oxygen atoms in total. The van der Waals surface area contributed by atoms with Gasteiger partial charge in [-0.2, -0.15) is 0 Å². The number of carbonyl (C=O) groups is 8. The summed E-state index contributed by atoms with van der Waals surface area (Å²) in [5, 5.41) is 86.3. The van der Waals surface area contributed by atoms with E-state index in [0.717, 1.165) is 23.5 Å². The van der Waals surface area contributed by atoms with Crippen molar-refractivity contribution in [2.24, 2.45) is 5.73 Å². The highest BCUT2D eigenvalue weighted by Crippen LogP contribution is 2.41. The van der Waals surface area contributed by atoms with E-state index in [-0.39, 0.29) is 45.3 Å². The molecule has 10 atom stereocenters. The average Bonchev–Trinajstić information content (AvgIpc) is 3.84. The molecule has 0 aromatic heterocycles. The summed E-state index contributed by atoms with van der Waals surface area (Å²) in [4.78, 5) is 109. The number of aromatic hydroxyl groups is 4. The Morgan fingerprint density at radius 1 is 0.452 bits per heavy atom. The quantitative estimate of drug-likeness (QED) is 0.0621. The molecule has 2 aliphatic heterocycles. The third-order valence-electron chi connectivity index (χ3n) is 12.0. The summed E-state index contributed by atoms with van der Waals surface area (Å²) in [6, 6.07) is 7.47. The van der Waals surface area contributed by atoms with Crippen molar-refractivity contribution in [1.29, 1.82) is 0 Å². The van der Waals surface area contributed by atoms with Gasteiger partial charge in [-0.3, -0.25) is 44.2 Å². The third kappa shape index (κ3) is 13.1. The molecule has 0 bridgehead atoms. The number of nitrogens with one attached hydrogen (secondary N) is 7. The Morgan fingerprint density at radius 2 is 0.740 bits per heavy atom. The van der Waals surface area contributed by atoms with Crippen molar-refractivity contribution < 1.29 is 74.1 Å². The molecule has 0 aliphatic carbocycles. The van der Waals surface area contributed by atoms with E-state index in [1.54, 1.807) is 27.7 Å². The van der Waals surface area contributed by atoms with Crippen LogP contribution in [0.1, 0.15) is 74.1 Å². The lowest BCUT2D eigenvalue weighted by molar-refractivity contribution is -0.143. The van der Waals surface area contributed by atoms with Crippen molar-refractivity contribution in [3.05, 3.63) is 119 Å². The predicted octanol–water partition coefficient (Wildman–Crippen LogP) is 0.924. The monoisotopic (exact) mass is 1050 g/mol. The van der Waals surface area contributed by atoms with Gasteiger partial charge in [0.15, 0.2) is 6.04 Å². The smallest absolute Gasteiger partial charge is 0.328 e. The Hall–Kier alpha value is -7.58. The van der Waals surface area contributed by atoms with Crippen LogP contribution in [-0.2, 0) is 38.4 Å². The number of rotatable bonds is 19. The van der Waals surface area contributed by atoms with Gasteiger partial charge in [-0.15, -0.1) is 23.5 Å². The Bertz CT molecular complexity index is 2730. The second-order valence-electron chi connectivity index (χ2n) is 18.1. The maximum absolute atomic E-state index is 14.8. The number of nitrogens with two attached hydrogens (primary N) is 1. The lowest BCUT2D eigenvalue weighted by Gasteiger charge is -2.29. The van der Waals surface area contributed by atoms with Crippen molar-refractivity contribution in [2.45, 2.75) is 96.3 Å². The number of carbonyl (C=O) groups excluding carboxylic acids is 5. The molecular formula is C48H54N8O15S2. The van der Waals surface area contributed by atoms with Crippen molar-refractivity contribution in [1.82, 2.24) is 37.2 Å². The fourth-order valence-electron chi connectivity index (χ4n) is 8.10. The maximum atomic E-state index is 14.8. The van der Waals surface area contributed by atoms with E-state index in [0.29, 0.717) is 0 Å². The molecule has 6 rings (SSSR count). The number of phenols is 4. The van der Waals surface area contributed by atoms with Crippen LogP contribution in [0.15, 0.2) is 97.1 Å². The van der Waals surface area contributed by atoms with Gasteiger partial charge in [0, 0.05) is 9.49 Å². The van der Waals surface area contributed by atoms with Gasteiger partial charge in [-0.1, -0.05) is 48.5 Å². The van der Waals surface area contributed by atoms with Gasteiger partial charge in [-0.05, 0) is 98.5 Å². The number of carboxylic acids is 3. The summed E-state index contributed by atoms with van der Waals surface area (Å²) in [5.74, 6) is -10.2. The Kier molecular flexibility index (Phi) is 16.8. The molecule has 0 radical (unpaired) electrons. The van der Waals surface area contributed by atoms with E-state index in [2.05, 4.69) is 37.2 Å². The number of hydrogen-bond acceptors (Lipinski definition) is 17. The van der Waals surface area contributed by atoms with Crippen LogP contribution in [0.4, 0.5) is 0 Å². The molecule has 4 aromatic carbocycles. The van der Waals surface area contributed by atoms with Gasteiger partial charge in [0.1, 0.15) is 65.3 Å². The normalized spacial score (nSPS) is 21.2. The third-order valence-corrected chi connectivity index (χ3v) is 15.0. The number of benzene rings is 4. The van der Waals surface area contributed by atoms with Gasteiger partial charge in [0.05, 0.1) is 10.7 Å². The number of amides is 5. The highest BCUT2D eigenvalue weighted by atomic mass is 32.2. The Balaban J connectivity index is 1.34. The summed E-state index contributed by atoms with van der Waals surface area (Å²) in [6.07, 6.45) is 0. The molecule has 2 aliphatic rings. The largest absolute Gasteiger partial charge is 0.508 e. The van der Waals surface area contributed by atoms with E-state index in [1.807, 2.05) is 0 Å². The molecule has 25 heteroatoms. The molecule has 0 spiro atoms. The number of aliphatic carboxylic acids is 3. The van der Waals surface area contributed by atoms with E-state index >= 15 is 0 Å². The Labute approximate surface area is 425 Å². The minimum Gasteiger partial charge on any atom is -0.508 e. The first-order valence-corrected chi connectivity index (χ1v) is 24.0. The van der Waals surface area contributed by atoms with Gasteiger partial charge in [0.25, 0.3) is 0 Å². The summed E-state index contributed by atoms with van der Waals surface area (Å²) < 4.78 is -2.09. The van der Waals surface area contributed by atoms with Gasteiger partial charge in [0.2, 0.25) is 29.5 Å². The molecule has 2 saturated heterocycles. The highest BCUT2D eigenvalue weighted by molar-refractivity contribution is 8.01. The summed E-state index contributed by atoms with van der Waals surface area (Å²) in [7, 11) is 0. The van der Waals surface area contributed by atoms with Crippen molar-refractivity contribution >= 4 is 71.0 Å². The molecule has 0 saturated carbocycles. The SMILES string of the molecule is CC1(C)SC(C(NC(=O)C(NC(=O)C(NC(=O)C(NC(=O)C(NC(=O)C(N)c2ccc(O)cc2)C2NC(C(=O)O)C(C)(C)S2)c2ccc(O)cc2)c2ccc(O)cc2)c2ccc(O)cc2)C(=O)O)NC1C(=O)O. The van der Waals surface area contributed by atoms with Crippen LogP contribution in [-0.4, -0.2) is 128 Å². The Morgan fingerprint density at radius 3 is 1.05 bits per heavy atom. The van der Waals surface area contributed by atoms with Crippen molar-refractivity contribution in [2.75, 3.05) is 0 Å². The molecule has 4 aromatic rings. The zero-order valence-corrected chi connectivity index (χ0v) is 40.9. The van der Waals surface area contributed by atoms with Crippen molar-refractivity contribution in [3.8, 4) is 23.0 Å². The predicted molar refractivity (Wildman–Crippen MR) is 264 cm³/mol. The van der Waals surface area contributed by atoms with Crippen LogP contribution in [0, 0.1) is 0 Å². The minimum absolute atomic E-state index is 0.00284. The van der Waals surface area contributed by atoms with E-state index < -0.39 is 116 Å². The van der Waals surface area contributed by atoms with E-state index in [4.69, 9.17) is 5.73 Å². The van der Waals surface area contributed by atoms with Gasteiger partial charge < -0.3 is 68.1 Å². The number of carboxylic acid groups (broad SMARTS) is 3. The summed E-state index contributed by atoms with van der Waals surface area (Å²) >= 11 is 1.96. The maximum Gasteiger partial charge on any atom is 0.328 e. The second kappa shape index (κ2) is 22.5. The first-order chi connectivity index (χ1) is 34.3. The van der Waals surface area contributed by atoms with Crippen LogP contribution in [0.5, 0.6) is 23.0 Å². The number of thioether (sulfide) groups is 2. The van der Waals surface area contributed by atoms with Gasteiger partial charge >= 0.3 is 17.9 Å². The van der Waals surface area contributed by atoms with E-state index in [9.17, 15) is 74.1 Å². The number of phenolic OH excluding ortho intramolecular Hbond substituents is 4. The zero-order chi connectivity index (χ0) is 53.7. The van der Waals surface area contributed by atoms with Crippen LogP contribution in [0.3, 0.4) is 0 Å². The lowest BCUT2D eigenvalue weighted by Crippen LogP contribution is -2.59. The van der Waals surface area contributed by atoms with Gasteiger partial charge in [-0.25, -0.2) is 4.79 Å². The molecule has 2 heterocycles. The van der Waals surface area contributed by atoms with Crippen LogP contribution in [0.2, 0.25) is 0 Å². The molecule has 16 N–H and O–H groups in total. The standard InChI is InChI=1S/C48H54N8O15S2/c1-47(2)35(45(68)69)55-42(72-47)33(53-37(61)29(49)21-5-13-25(57)14-6-21)41(65)52-31(23-9-17-27(59)18-10-23)39(63)50-30(22-7-15-26(58)16-8-22)38(62)51-32(24-11-19-28(60)20-12-24)40(64)54-34(44(66)67)43-56-36(46(70)71)48(3,4)73-43/h5-20,29-36,42-43,55-60H,49H2,1-4H3,(H,50,63)(H,51,62)(H,52,65)(H,53,61)(H,54,64)(H,66,67)(H,68,69)(H,70,71). The first kappa shape index (κ1) is 54.7. The number of hydrogen-bond donors (Lipinski definition) is 15. The highest BCUT2D eigenvalue weighted by Gasteiger charge is 2.51. The molecule has 5 amide bonds. The zero-order valence-electron chi connectivity index (χ0n) is 39.3. The molecule has 2 fully saturated rings. The topological polar surface area (TPSA) is 388 Å². The fraction of sp³-hybridized carbons (Fsp3) is 0.333. The minimum atomic E-state index is -1.79. The summed E-state index contributed by atoms with van der Waals surface area (Å²) in [5.41, 5.74) is 6.55. The fourth-order valence-corrected chi connectivity index (χ4v) is 11.1. The molecule has 10 unspecified atom stereocenters. The van der Waals surface area contributed by atoms with Crippen LogP contribution in [0.25, 0.3) is 0 Å². The second-order valence-corrected chi connectivity index (χ2v) is 21.7. The van der Waals surface area contributed by atoms with Crippen molar-refractivity contribution in [3.63, 3.8) is 0 Å². The van der Waals surface area contributed by atoms with Crippen LogP contribution < -0.4 is 43.0 Å².